The molecule has 1 aromatic heterocycles. The summed E-state index contributed by atoms with van der Waals surface area (Å²) in [5.41, 5.74) is -0.440. The lowest BCUT2D eigenvalue weighted by Gasteiger charge is -2.12. The number of para-hydroxylation sites is 2. The molecule has 0 saturated carbocycles. The van der Waals surface area contributed by atoms with Crippen LogP contribution in [-0.2, 0) is 0 Å². The fraction of sp³-hybridized carbons (Fsp3) is 0.0909. The third-order valence-electron chi connectivity index (χ3n) is 2.08. The maximum atomic E-state index is 12.2. The number of rotatable bonds is 4. The minimum Gasteiger partial charge on any atom is -0.476 e. The van der Waals surface area contributed by atoms with Crippen LogP contribution >= 0.6 is 0 Å². The maximum absolute atomic E-state index is 12.2. The Hall–Kier alpha value is -2.71. The molecule has 0 amide bonds. The van der Waals surface area contributed by atoms with E-state index in [-0.39, 0.29) is 17.4 Å². The molecule has 0 bridgehead atoms. The van der Waals surface area contributed by atoms with E-state index in [0.29, 0.717) is 0 Å². The van der Waals surface area contributed by atoms with E-state index in [9.17, 15) is 18.0 Å². The second-order valence-corrected chi connectivity index (χ2v) is 3.51. The summed E-state index contributed by atoms with van der Waals surface area (Å²) in [7, 11) is 0. The second kappa shape index (κ2) is 5.11. The van der Waals surface area contributed by atoms with Crippen LogP contribution < -0.4 is 10.1 Å². The van der Waals surface area contributed by atoms with E-state index in [0.717, 1.165) is 12.3 Å². The van der Waals surface area contributed by atoms with Crippen LogP contribution in [-0.4, -0.2) is 22.4 Å². The molecule has 2 rings (SSSR count). The first kappa shape index (κ1) is 13.7. The molecule has 9 heteroatoms. The van der Waals surface area contributed by atoms with E-state index < -0.39 is 18.1 Å². The molecule has 20 heavy (non-hydrogen) atoms. The summed E-state index contributed by atoms with van der Waals surface area (Å²) in [6.45, 7) is 0. The van der Waals surface area contributed by atoms with Gasteiger partial charge >= 0.3 is 12.3 Å². The highest BCUT2D eigenvalue weighted by atomic mass is 19.4. The van der Waals surface area contributed by atoms with Crippen molar-refractivity contribution in [1.29, 1.82) is 0 Å². The number of nitrogens with one attached hydrogen (secondary N) is 1. The number of aromatic carboxylic acids is 1. The first-order chi connectivity index (χ1) is 9.35. The summed E-state index contributed by atoms with van der Waals surface area (Å²) >= 11 is 0. The van der Waals surface area contributed by atoms with Crippen LogP contribution in [0.15, 0.2) is 34.9 Å². The van der Waals surface area contributed by atoms with Gasteiger partial charge in [-0.25, -0.2) is 4.79 Å². The number of alkyl halides is 3. The monoisotopic (exact) mass is 288 g/mol. The second-order valence-electron chi connectivity index (χ2n) is 3.51. The lowest BCUT2D eigenvalue weighted by molar-refractivity contribution is -0.274. The maximum Gasteiger partial charge on any atom is 0.573 e. The molecular formula is C11H7F3N2O4. The number of aromatic nitrogens is 1. The third-order valence-corrected chi connectivity index (χ3v) is 2.08. The van der Waals surface area contributed by atoms with Gasteiger partial charge in [0.2, 0.25) is 0 Å². The van der Waals surface area contributed by atoms with Gasteiger partial charge in [-0.1, -0.05) is 12.1 Å². The fourth-order valence-corrected chi connectivity index (χ4v) is 1.33. The number of nitrogens with zero attached hydrogens (tertiary/aromatic N) is 1. The van der Waals surface area contributed by atoms with Crippen molar-refractivity contribution in [3.63, 3.8) is 0 Å². The Balaban J connectivity index is 2.22. The molecular weight excluding hydrogens is 281 g/mol. The number of halogens is 3. The van der Waals surface area contributed by atoms with Gasteiger partial charge in [-0.3, -0.25) is 0 Å². The average molecular weight is 288 g/mol. The largest absolute Gasteiger partial charge is 0.573 e. The third kappa shape index (κ3) is 3.40. The average Bonchev–Trinajstić information content (AvgIpc) is 2.78. The van der Waals surface area contributed by atoms with Crippen LogP contribution in [0.1, 0.15) is 10.5 Å². The van der Waals surface area contributed by atoms with Crippen molar-refractivity contribution >= 4 is 17.7 Å². The highest BCUT2D eigenvalue weighted by Crippen LogP contribution is 2.31. The van der Waals surface area contributed by atoms with Crippen molar-refractivity contribution in [2.45, 2.75) is 6.36 Å². The van der Waals surface area contributed by atoms with E-state index in [4.69, 9.17) is 9.52 Å². The number of hydrogen-bond acceptors (Lipinski definition) is 5. The van der Waals surface area contributed by atoms with E-state index >= 15 is 0 Å². The molecule has 0 aliphatic rings. The fourth-order valence-electron chi connectivity index (χ4n) is 1.33. The Bertz CT molecular complexity index is 624. The summed E-state index contributed by atoms with van der Waals surface area (Å²) in [4.78, 5) is 14.1. The molecule has 1 heterocycles. The molecule has 2 N–H and O–H groups in total. The Morgan fingerprint density at radius 3 is 2.65 bits per heavy atom. The van der Waals surface area contributed by atoms with Crippen LogP contribution in [0.3, 0.4) is 0 Å². The number of anilines is 2. The van der Waals surface area contributed by atoms with Crippen molar-refractivity contribution in [1.82, 2.24) is 4.98 Å². The number of hydrogen-bond donors (Lipinski definition) is 2. The van der Waals surface area contributed by atoms with Gasteiger partial charge in [0.15, 0.2) is 11.4 Å². The summed E-state index contributed by atoms with van der Waals surface area (Å²) in [5, 5.41) is 11.1. The summed E-state index contributed by atoms with van der Waals surface area (Å²) < 4.78 is 45.2. The first-order valence-electron chi connectivity index (χ1n) is 5.16. The van der Waals surface area contributed by atoms with E-state index in [1.54, 1.807) is 0 Å². The van der Waals surface area contributed by atoms with Crippen molar-refractivity contribution in [3.05, 3.63) is 36.2 Å². The number of carboxylic acids is 1. The van der Waals surface area contributed by atoms with E-state index in [2.05, 4.69) is 15.0 Å². The van der Waals surface area contributed by atoms with Crippen LogP contribution in [0, 0.1) is 0 Å². The van der Waals surface area contributed by atoms with Crippen LogP contribution in [0.25, 0.3) is 0 Å². The first-order valence-corrected chi connectivity index (χ1v) is 5.16. The SMILES string of the molecule is O=C(O)c1coc(Nc2ccccc2OC(F)(F)F)n1. The molecule has 1 aromatic carbocycles. The van der Waals surface area contributed by atoms with Crippen molar-refractivity contribution in [3.8, 4) is 5.75 Å². The number of benzene rings is 1. The highest BCUT2D eigenvalue weighted by Gasteiger charge is 2.32. The molecule has 0 aliphatic carbocycles. The van der Waals surface area contributed by atoms with Gasteiger partial charge in [0.25, 0.3) is 6.01 Å². The topological polar surface area (TPSA) is 84.6 Å². The van der Waals surface area contributed by atoms with Gasteiger partial charge in [-0.15, -0.1) is 13.2 Å². The number of carboxylic acid groups (broad SMARTS) is 1. The molecule has 0 radical (unpaired) electrons. The quantitative estimate of drug-likeness (QED) is 0.899. The molecule has 0 aliphatic heterocycles. The molecule has 0 fully saturated rings. The number of carbonyl (C=O) groups is 1. The smallest absolute Gasteiger partial charge is 0.476 e. The number of oxazole rings is 1. The van der Waals surface area contributed by atoms with Crippen molar-refractivity contribution < 1.29 is 32.2 Å². The van der Waals surface area contributed by atoms with Gasteiger partial charge in [-0.2, -0.15) is 4.98 Å². The normalized spacial score (nSPS) is 11.2. The molecule has 0 spiro atoms. The van der Waals surface area contributed by atoms with Crippen LogP contribution in [0.5, 0.6) is 5.75 Å². The zero-order valence-electron chi connectivity index (χ0n) is 9.64. The molecule has 106 valence electrons. The predicted octanol–water partition coefficient (Wildman–Crippen LogP) is 3.02. The Morgan fingerprint density at radius 2 is 2.05 bits per heavy atom. The Kier molecular flexibility index (Phi) is 3.51. The molecule has 6 nitrogen and oxygen atoms in total. The molecule has 0 saturated heterocycles. The van der Waals surface area contributed by atoms with Crippen molar-refractivity contribution in [2.75, 3.05) is 5.32 Å². The van der Waals surface area contributed by atoms with Crippen LogP contribution in [0.2, 0.25) is 0 Å². The van der Waals surface area contributed by atoms with Crippen molar-refractivity contribution in [2.24, 2.45) is 0 Å². The Labute approximate surface area is 109 Å². The highest BCUT2D eigenvalue weighted by molar-refractivity contribution is 5.85. The van der Waals surface area contributed by atoms with Gasteiger partial charge in [0, 0.05) is 0 Å². The predicted molar refractivity (Wildman–Crippen MR) is 59.9 cm³/mol. The minimum atomic E-state index is -4.85. The lowest BCUT2D eigenvalue weighted by atomic mass is 10.3. The van der Waals surface area contributed by atoms with Gasteiger partial charge in [0.05, 0.1) is 5.69 Å². The summed E-state index contributed by atoms with van der Waals surface area (Å²) in [6, 6.07) is 4.94. The van der Waals surface area contributed by atoms with Gasteiger partial charge in [-0.05, 0) is 12.1 Å². The summed E-state index contributed by atoms with van der Waals surface area (Å²) in [6.07, 6.45) is -3.99. The number of ether oxygens (including phenoxy) is 1. The zero-order chi connectivity index (χ0) is 14.8. The van der Waals surface area contributed by atoms with Gasteiger partial charge < -0.3 is 19.6 Å². The minimum absolute atomic E-state index is 0.0661. The van der Waals surface area contributed by atoms with Gasteiger partial charge in [0.1, 0.15) is 6.26 Å². The Morgan fingerprint density at radius 1 is 1.35 bits per heavy atom. The standard InChI is InChI=1S/C11H7F3N2O4/c12-11(13,14)20-8-4-2-1-3-6(8)15-10-16-7(5-19-10)9(17)18/h1-5H,(H,15,16)(H,17,18). The van der Waals surface area contributed by atoms with Crippen LogP contribution in [0.4, 0.5) is 24.9 Å². The summed E-state index contributed by atoms with van der Waals surface area (Å²) in [5.74, 6) is -1.81. The van der Waals surface area contributed by atoms with E-state index in [1.165, 1.54) is 18.2 Å². The lowest BCUT2D eigenvalue weighted by Crippen LogP contribution is -2.17. The molecule has 2 aromatic rings. The zero-order valence-corrected chi connectivity index (χ0v) is 9.64. The molecule has 0 unspecified atom stereocenters. The molecule has 0 atom stereocenters. The van der Waals surface area contributed by atoms with E-state index in [1.807, 2.05) is 0 Å².